The van der Waals surface area contributed by atoms with E-state index >= 15 is 0 Å². The van der Waals surface area contributed by atoms with E-state index in [1.165, 1.54) is 14.2 Å². The first-order valence-corrected chi connectivity index (χ1v) is 6.59. The van der Waals surface area contributed by atoms with Crippen molar-refractivity contribution in [2.24, 2.45) is 11.1 Å². The summed E-state index contributed by atoms with van der Waals surface area (Å²) in [6.07, 6.45) is -0.326. The first-order valence-electron chi connectivity index (χ1n) is 6.59. The van der Waals surface area contributed by atoms with Crippen LogP contribution in [0.4, 0.5) is 0 Å². The topological polar surface area (TPSA) is 84.9 Å². The normalized spacial score (nSPS) is 14.8. The summed E-state index contributed by atoms with van der Waals surface area (Å²) in [6, 6.07) is 3.04. The van der Waals surface area contributed by atoms with Crippen LogP contribution in [0.2, 0.25) is 0 Å². The van der Waals surface area contributed by atoms with Crippen molar-refractivity contribution in [1.29, 1.82) is 0 Å². The van der Waals surface area contributed by atoms with Crippen LogP contribution in [0.1, 0.15) is 38.9 Å². The van der Waals surface area contributed by atoms with Crippen LogP contribution in [0.15, 0.2) is 12.1 Å². The summed E-state index contributed by atoms with van der Waals surface area (Å²) in [5, 5.41) is 20.2. The number of phenols is 1. The SMILES string of the molecule is COc1cc([C@@H](O)C[C@H](N)C(C)(C)C)cc(OC)c1O. The number of benzene rings is 1. The van der Waals surface area contributed by atoms with Gasteiger partial charge in [0.2, 0.25) is 5.75 Å². The van der Waals surface area contributed by atoms with Crippen molar-refractivity contribution >= 4 is 0 Å². The van der Waals surface area contributed by atoms with Crippen LogP contribution in [0, 0.1) is 5.41 Å². The fourth-order valence-corrected chi connectivity index (χ4v) is 1.84. The molecule has 1 rings (SSSR count). The smallest absolute Gasteiger partial charge is 0.200 e. The van der Waals surface area contributed by atoms with E-state index in [4.69, 9.17) is 15.2 Å². The van der Waals surface area contributed by atoms with Gasteiger partial charge in [-0.2, -0.15) is 0 Å². The molecule has 0 saturated carbocycles. The monoisotopic (exact) mass is 283 g/mol. The molecule has 2 atom stereocenters. The highest BCUT2D eigenvalue weighted by atomic mass is 16.5. The minimum atomic E-state index is -0.743. The molecule has 0 amide bonds. The van der Waals surface area contributed by atoms with Gasteiger partial charge in [0, 0.05) is 6.04 Å². The molecular weight excluding hydrogens is 258 g/mol. The number of hydrogen-bond donors (Lipinski definition) is 3. The first kappa shape index (κ1) is 16.6. The molecule has 5 heteroatoms. The van der Waals surface area contributed by atoms with Gasteiger partial charge in [0.05, 0.1) is 20.3 Å². The third-order valence-corrected chi connectivity index (χ3v) is 3.48. The molecule has 0 saturated heterocycles. The fraction of sp³-hybridized carbons (Fsp3) is 0.600. The number of nitrogens with two attached hydrogens (primary N) is 1. The van der Waals surface area contributed by atoms with Crippen LogP contribution in [-0.2, 0) is 0 Å². The van der Waals surface area contributed by atoms with Crippen LogP contribution >= 0.6 is 0 Å². The number of rotatable bonds is 5. The van der Waals surface area contributed by atoms with Crippen molar-refractivity contribution in [2.75, 3.05) is 14.2 Å². The fourth-order valence-electron chi connectivity index (χ4n) is 1.84. The Labute approximate surface area is 120 Å². The zero-order chi connectivity index (χ0) is 15.5. The average molecular weight is 283 g/mol. The summed E-state index contributed by atoms with van der Waals surface area (Å²) in [5.74, 6) is 0.455. The van der Waals surface area contributed by atoms with E-state index in [0.29, 0.717) is 12.0 Å². The Morgan fingerprint density at radius 3 is 1.95 bits per heavy atom. The lowest BCUT2D eigenvalue weighted by Crippen LogP contribution is -2.36. The molecule has 0 radical (unpaired) electrons. The summed E-state index contributed by atoms with van der Waals surface area (Å²) >= 11 is 0. The minimum absolute atomic E-state index is 0.0777. The van der Waals surface area contributed by atoms with Gasteiger partial charge in [-0.3, -0.25) is 0 Å². The number of aliphatic hydroxyl groups excluding tert-OH is 1. The molecule has 0 spiro atoms. The molecule has 0 aliphatic carbocycles. The summed E-state index contributed by atoms with van der Waals surface area (Å²) < 4.78 is 10.2. The van der Waals surface area contributed by atoms with E-state index in [9.17, 15) is 10.2 Å². The van der Waals surface area contributed by atoms with Crippen molar-refractivity contribution in [3.63, 3.8) is 0 Å². The number of ether oxygens (including phenoxy) is 2. The molecule has 0 aromatic heterocycles. The second-order valence-corrected chi connectivity index (χ2v) is 6.00. The van der Waals surface area contributed by atoms with Crippen LogP contribution in [0.5, 0.6) is 17.2 Å². The van der Waals surface area contributed by atoms with E-state index < -0.39 is 6.10 Å². The van der Waals surface area contributed by atoms with Crippen LogP contribution in [0.25, 0.3) is 0 Å². The zero-order valence-corrected chi connectivity index (χ0v) is 12.8. The van der Waals surface area contributed by atoms with Gasteiger partial charge in [0.1, 0.15) is 0 Å². The lowest BCUT2D eigenvalue weighted by molar-refractivity contribution is 0.132. The van der Waals surface area contributed by atoms with E-state index in [2.05, 4.69) is 0 Å². The Kier molecular flexibility index (Phi) is 5.25. The summed E-state index contributed by atoms with van der Waals surface area (Å²) in [6.45, 7) is 6.09. The van der Waals surface area contributed by atoms with Crippen LogP contribution in [-0.4, -0.2) is 30.5 Å². The molecule has 20 heavy (non-hydrogen) atoms. The van der Waals surface area contributed by atoms with Gasteiger partial charge < -0.3 is 25.4 Å². The highest BCUT2D eigenvalue weighted by molar-refractivity contribution is 5.53. The molecule has 4 N–H and O–H groups in total. The zero-order valence-electron chi connectivity index (χ0n) is 12.8. The minimum Gasteiger partial charge on any atom is -0.502 e. The third-order valence-electron chi connectivity index (χ3n) is 3.48. The molecule has 5 nitrogen and oxygen atoms in total. The van der Waals surface area contributed by atoms with Gasteiger partial charge in [0.25, 0.3) is 0 Å². The summed E-state index contributed by atoms with van der Waals surface area (Å²) in [4.78, 5) is 0. The predicted octanol–water partition coefficient (Wildman–Crippen LogP) is 2.21. The number of phenolic OH excluding ortho intramolecular Hbond substituents is 1. The highest BCUT2D eigenvalue weighted by Crippen LogP contribution is 2.39. The molecule has 0 aliphatic rings. The van der Waals surface area contributed by atoms with Gasteiger partial charge in [-0.05, 0) is 29.5 Å². The lowest BCUT2D eigenvalue weighted by Gasteiger charge is -2.29. The van der Waals surface area contributed by atoms with E-state index in [1.807, 2.05) is 20.8 Å². The van der Waals surface area contributed by atoms with Gasteiger partial charge in [-0.15, -0.1) is 0 Å². The molecule has 1 aromatic carbocycles. The molecule has 114 valence electrons. The molecule has 0 fully saturated rings. The second-order valence-electron chi connectivity index (χ2n) is 6.00. The number of hydrogen-bond acceptors (Lipinski definition) is 5. The van der Waals surface area contributed by atoms with E-state index in [-0.39, 0.29) is 28.7 Å². The number of aliphatic hydroxyl groups is 1. The molecule has 1 aromatic rings. The molecule has 0 bridgehead atoms. The maximum atomic E-state index is 10.3. The van der Waals surface area contributed by atoms with Crippen molar-refractivity contribution < 1.29 is 19.7 Å². The Morgan fingerprint density at radius 2 is 1.60 bits per heavy atom. The van der Waals surface area contributed by atoms with Gasteiger partial charge in [0.15, 0.2) is 11.5 Å². The van der Waals surface area contributed by atoms with Crippen molar-refractivity contribution in [3.8, 4) is 17.2 Å². The standard InChI is InChI=1S/C15H25NO4/c1-15(2,3)13(16)8-10(17)9-6-11(19-4)14(18)12(7-9)20-5/h6-7,10,13,17-18H,8,16H2,1-5H3/t10-,13-/m0/s1. The summed E-state index contributed by atoms with van der Waals surface area (Å²) in [7, 11) is 2.90. The predicted molar refractivity (Wildman–Crippen MR) is 78.2 cm³/mol. The van der Waals surface area contributed by atoms with E-state index in [1.54, 1.807) is 12.1 Å². The van der Waals surface area contributed by atoms with Crippen molar-refractivity contribution in [3.05, 3.63) is 17.7 Å². The average Bonchev–Trinajstić information content (AvgIpc) is 2.37. The molecule has 0 unspecified atom stereocenters. The Morgan fingerprint density at radius 1 is 1.15 bits per heavy atom. The molecule has 0 aliphatic heterocycles. The quantitative estimate of drug-likeness (QED) is 0.771. The Balaban J connectivity index is 3.01. The molecule has 0 heterocycles. The maximum absolute atomic E-state index is 10.3. The Hall–Kier alpha value is -1.46. The van der Waals surface area contributed by atoms with Crippen molar-refractivity contribution in [2.45, 2.75) is 39.3 Å². The maximum Gasteiger partial charge on any atom is 0.200 e. The van der Waals surface area contributed by atoms with Crippen LogP contribution in [0.3, 0.4) is 0 Å². The number of methoxy groups -OCH3 is 2. The van der Waals surface area contributed by atoms with Gasteiger partial charge in [-0.25, -0.2) is 0 Å². The van der Waals surface area contributed by atoms with E-state index in [0.717, 1.165) is 0 Å². The first-order chi connectivity index (χ1) is 9.20. The summed E-state index contributed by atoms with van der Waals surface area (Å²) in [5.41, 5.74) is 6.60. The largest absolute Gasteiger partial charge is 0.502 e. The highest BCUT2D eigenvalue weighted by Gasteiger charge is 2.25. The second kappa shape index (κ2) is 6.33. The number of aromatic hydroxyl groups is 1. The van der Waals surface area contributed by atoms with Crippen LogP contribution < -0.4 is 15.2 Å². The van der Waals surface area contributed by atoms with Gasteiger partial charge in [-0.1, -0.05) is 20.8 Å². The van der Waals surface area contributed by atoms with Crippen molar-refractivity contribution in [1.82, 2.24) is 0 Å². The lowest BCUT2D eigenvalue weighted by atomic mass is 9.83. The third kappa shape index (κ3) is 3.77. The van der Waals surface area contributed by atoms with Gasteiger partial charge >= 0.3 is 0 Å². The Bertz CT molecular complexity index is 429. The molecular formula is C15H25NO4.